The molecule has 0 saturated heterocycles. The molecule has 0 aliphatic heterocycles. The Balaban J connectivity index is 1.76. The summed E-state index contributed by atoms with van der Waals surface area (Å²) in [5.41, 5.74) is 0.0953. The lowest BCUT2D eigenvalue weighted by molar-refractivity contribution is -0.141. The van der Waals surface area contributed by atoms with Gasteiger partial charge >= 0.3 is 6.18 Å². The van der Waals surface area contributed by atoms with Crippen LogP contribution in [0.5, 0.6) is 0 Å². The maximum atomic E-state index is 12.6. The van der Waals surface area contributed by atoms with Crippen LogP contribution in [0.25, 0.3) is 11.3 Å². The number of ketones is 1. The molecule has 1 aromatic carbocycles. The van der Waals surface area contributed by atoms with Crippen LogP contribution in [-0.4, -0.2) is 26.5 Å². The molecule has 2 aromatic heterocycles. The standard InChI is InChI=1S/C17H13F3N4O2S/c1-10(25)15-14(11-5-3-2-4-6-11)22-16(27-15)21-13(26)9-24-8-7-12(23-24)17(18,19)20/h2-8H,9H2,1H3,(H,21,22,26). The van der Waals surface area contributed by atoms with E-state index in [9.17, 15) is 22.8 Å². The molecule has 0 fully saturated rings. The van der Waals surface area contributed by atoms with Gasteiger partial charge in [-0.2, -0.15) is 18.3 Å². The van der Waals surface area contributed by atoms with Crippen molar-refractivity contribution in [2.24, 2.45) is 0 Å². The Kier molecular flexibility index (Phi) is 5.08. The number of Topliss-reactive ketones (excluding diaryl/α,β-unsaturated/α-hetero) is 1. The Labute approximate surface area is 155 Å². The van der Waals surface area contributed by atoms with Gasteiger partial charge in [0.15, 0.2) is 16.6 Å². The highest BCUT2D eigenvalue weighted by Crippen LogP contribution is 2.31. The van der Waals surface area contributed by atoms with Gasteiger partial charge in [-0.05, 0) is 6.07 Å². The lowest BCUT2D eigenvalue weighted by Gasteiger charge is -2.03. The molecule has 6 nitrogen and oxygen atoms in total. The molecular weight excluding hydrogens is 381 g/mol. The molecule has 0 spiro atoms. The lowest BCUT2D eigenvalue weighted by atomic mass is 10.1. The molecule has 0 saturated carbocycles. The van der Waals surface area contributed by atoms with Crippen LogP contribution in [0.3, 0.4) is 0 Å². The first-order valence-corrected chi connectivity index (χ1v) is 8.53. The summed E-state index contributed by atoms with van der Waals surface area (Å²) in [7, 11) is 0. The van der Waals surface area contributed by atoms with Gasteiger partial charge in [-0.15, -0.1) is 0 Å². The number of carbonyl (C=O) groups excluding carboxylic acids is 2. The predicted molar refractivity (Wildman–Crippen MR) is 93.4 cm³/mol. The first-order chi connectivity index (χ1) is 12.7. The average molecular weight is 394 g/mol. The van der Waals surface area contributed by atoms with Crippen LogP contribution in [-0.2, 0) is 17.5 Å². The molecule has 3 rings (SSSR count). The van der Waals surface area contributed by atoms with Gasteiger partial charge in [0, 0.05) is 18.7 Å². The zero-order chi connectivity index (χ0) is 19.6. The second-order valence-corrected chi connectivity index (χ2v) is 6.56. The largest absolute Gasteiger partial charge is 0.435 e. The molecule has 0 aliphatic carbocycles. The average Bonchev–Trinajstić information content (AvgIpc) is 3.22. The van der Waals surface area contributed by atoms with Crippen molar-refractivity contribution in [3.63, 3.8) is 0 Å². The van der Waals surface area contributed by atoms with E-state index in [0.717, 1.165) is 33.8 Å². The van der Waals surface area contributed by atoms with Gasteiger partial charge in [0.05, 0.1) is 10.6 Å². The second kappa shape index (κ2) is 7.31. The van der Waals surface area contributed by atoms with E-state index in [0.29, 0.717) is 10.6 Å². The van der Waals surface area contributed by atoms with E-state index in [2.05, 4.69) is 15.4 Å². The number of aromatic nitrogens is 3. The second-order valence-electron chi connectivity index (χ2n) is 5.56. The topological polar surface area (TPSA) is 76.9 Å². The Morgan fingerprint density at radius 3 is 2.48 bits per heavy atom. The van der Waals surface area contributed by atoms with Crippen molar-refractivity contribution in [3.8, 4) is 11.3 Å². The van der Waals surface area contributed by atoms with E-state index >= 15 is 0 Å². The summed E-state index contributed by atoms with van der Waals surface area (Å²) in [6.45, 7) is 0.986. The lowest BCUT2D eigenvalue weighted by Crippen LogP contribution is -2.19. The highest BCUT2D eigenvalue weighted by molar-refractivity contribution is 7.18. The van der Waals surface area contributed by atoms with E-state index in [1.54, 1.807) is 24.3 Å². The van der Waals surface area contributed by atoms with E-state index in [1.807, 2.05) is 6.07 Å². The normalized spacial score (nSPS) is 11.4. The Morgan fingerprint density at radius 2 is 1.89 bits per heavy atom. The molecule has 1 N–H and O–H groups in total. The molecule has 0 bridgehead atoms. The molecule has 3 aromatic rings. The van der Waals surface area contributed by atoms with Crippen molar-refractivity contribution < 1.29 is 22.8 Å². The number of nitrogens with one attached hydrogen (secondary N) is 1. The van der Waals surface area contributed by atoms with E-state index < -0.39 is 24.3 Å². The summed E-state index contributed by atoms with van der Waals surface area (Å²) in [6, 6.07) is 9.79. The van der Waals surface area contributed by atoms with E-state index in [1.165, 1.54) is 6.92 Å². The summed E-state index contributed by atoms with van der Waals surface area (Å²) < 4.78 is 38.5. The minimum atomic E-state index is -4.57. The van der Waals surface area contributed by atoms with Crippen molar-refractivity contribution in [3.05, 3.63) is 53.2 Å². The van der Waals surface area contributed by atoms with Gasteiger partial charge in [0.2, 0.25) is 5.91 Å². The molecule has 0 aliphatic rings. The Hall–Kier alpha value is -3.01. The van der Waals surface area contributed by atoms with Gasteiger partial charge in [-0.1, -0.05) is 41.7 Å². The SMILES string of the molecule is CC(=O)c1sc(NC(=O)Cn2ccc(C(F)(F)F)n2)nc1-c1ccccc1. The minimum Gasteiger partial charge on any atom is -0.300 e. The van der Waals surface area contributed by atoms with Crippen molar-refractivity contribution >= 4 is 28.2 Å². The molecule has 10 heteroatoms. The molecule has 0 radical (unpaired) electrons. The molecule has 0 atom stereocenters. The van der Waals surface area contributed by atoms with Gasteiger partial charge in [0.25, 0.3) is 0 Å². The highest BCUT2D eigenvalue weighted by Gasteiger charge is 2.33. The fourth-order valence-electron chi connectivity index (χ4n) is 2.31. The quantitative estimate of drug-likeness (QED) is 0.667. The maximum absolute atomic E-state index is 12.6. The molecule has 2 heterocycles. The number of benzene rings is 1. The van der Waals surface area contributed by atoms with Crippen LogP contribution in [0.4, 0.5) is 18.3 Å². The monoisotopic (exact) mass is 394 g/mol. The molecule has 27 heavy (non-hydrogen) atoms. The van der Waals surface area contributed by atoms with E-state index in [4.69, 9.17) is 0 Å². The van der Waals surface area contributed by atoms with Crippen LogP contribution in [0.15, 0.2) is 42.6 Å². The van der Waals surface area contributed by atoms with Crippen molar-refractivity contribution in [2.75, 3.05) is 5.32 Å². The fraction of sp³-hybridized carbons (Fsp3) is 0.176. The minimum absolute atomic E-state index is 0.187. The third-order valence-electron chi connectivity index (χ3n) is 3.48. The molecule has 1 amide bonds. The van der Waals surface area contributed by atoms with Gasteiger partial charge in [-0.3, -0.25) is 14.3 Å². The molecular formula is C17H13F3N4O2S. The van der Waals surface area contributed by atoms with Crippen LogP contribution >= 0.6 is 11.3 Å². The first kappa shape index (κ1) is 18.8. The first-order valence-electron chi connectivity index (χ1n) is 7.71. The zero-order valence-electron chi connectivity index (χ0n) is 13.9. The summed E-state index contributed by atoms with van der Waals surface area (Å²) in [5.74, 6) is -0.802. The number of carbonyl (C=O) groups is 2. The van der Waals surface area contributed by atoms with Gasteiger partial charge in [0.1, 0.15) is 6.54 Å². The van der Waals surface area contributed by atoms with Crippen LogP contribution < -0.4 is 5.32 Å². The third kappa shape index (κ3) is 4.40. The van der Waals surface area contributed by atoms with Crippen LogP contribution in [0.1, 0.15) is 22.3 Å². The number of alkyl halides is 3. The van der Waals surface area contributed by atoms with Crippen molar-refractivity contribution in [2.45, 2.75) is 19.6 Å². The third-order valence-corrected chi connectivity index (χ3v) is 4.55. The van der Waals surface area contributed by atoms with Crippen LogP contribution in [0, 0.1) is 0 Å². The van der Waals surface area contributed by atoms with Crippen molar-refractivity contribution in [1.82, 2.24) is 14.8 Å². The number of halogens is 3. The number of nitrogens with zero attached hydrogens (tertiary/aromatic N) is 3. The number of amides is 1. The fourth-order valence-corrected chi connectivity index (χ4v) is 3.21. The van der Waals surface area contributed by atoms with Crippen LogP contribution in [0.2, 0.25) is 0 Å². The number of anilines is 1. The smallest absolute Gasteiger partial charge is 0.300 e. The molecule has 140 valence electrons. The van der Waals surface area contributed by atoms with Gasteiger partial charge in [-0.25, -0.2) is 4.98 Å². The summed E-state index contributed by atoms with van der Waals surface area (Å²) in [6.07, 6.45) is -3.50. The maximum Gasteiger partial charge on any atom is 0.435 e. The summed E-state index contributed by atoms with van der Waals surface area (Å²) in [4.78, 5) is 28.6. The predicted octanol–water partition coefficient (Wildman–Crippen LogP) is 3.87. The highest BCUT2D eigenvalue weighted by atomic mass is 32.1. The Morgan fingerprint density at radius 1 is 1.19 bits per heavy atom. The number of rotatable bonds is 5. The summed E-state index contributed by atoms with van der Waals surface area (Å²) >= 11 is 1.01. The number of thiazole rings is 1. The van der Waals surface area contributed by atoms with Crippen molar-refractivity contribution in [1.29, 1.82) is 0 Å². The molecule has 0 unspecified atom stereocenters. The Bertz CT molecular complexity index is 980. The summed E-state index contributed by atoms with van der Waals surface area (Å²) in [5, 5.41) is 6.01. The zero-order valence-corrected chi connectivity index (χ0v) is 14.8. The van der Waals surface area contributed by atoms with E-state index in [-0.39, 0.29) is 10.9 Å². The van der Waals surface area contributed by atoms with Gasteiger partial charge < -0.3 is 5.32 Å². The number of hydrogen-bond donors (Lipinski definition) is 1. The number of hydrogen-bond acceptors (Lipinski definition) is 5.